The normalized spacial score (nSPS) is 12.0. The maximum Gasteiger partial charge on any atom is 0.390 e. The van der Waals surface area contributed by atoms with Crippen molar-refractivity contribution in [3.8, 4) is 0 Å². The van der Waals surface area contributed by atoms with Gasteiger partial charge in [-0.25, -0.2) is 0 Å². The number of hydrogen-bond acceptors (Lipinski definition) is 5. The number of anilines is 1. The molecular formula is C20H24N6O3. The van der Waals surface area contributed by atoms with Gasteiger partial charge in [0, 0.05) is 0 Å². The maximum atomic E-state index is 13.0. The molecule has 0 aliphatic rings. The monoisotopic (exact) mass is 396 g/mol. The van der Waals surface area contributed by atoms with Gasteiger partial charge in [0.2, 0.25) is 0 Å². The molecule has 2 heterocycles. The zero-order chi connectivity index (χ0) is 21.1. The lowest BCUT2D eigenvalue weighted by atomic mass is 10.2. The molecule has 1 aromatic carbocycles. The molecule has 0 saturated carbocycles. The smallest absolute Gasteiger partial charge is 0.358 e. The van der Waals surface area contributed by atoms with Crippen LogP contribution in [-0.2, 0) is 11.3 Å². The van der Waals surface area contributed by atoms with Crippen LogP contribution < -0.4 is 5.32 Å². The van der Waals surface area contributed by atoms with Crippen molar-refractivity contribution in [3.05, 3.63) is 69.2 Å². The lowest BCUT2D eigenvalue weighted by Crippen LogP contribution is -2.27. The average Bonchev–Trinajstić information content (AvgIpc) is 3.19. The molecule has 1 atom stereocenters. The van der Waals surface area contributed by atoms with Crippen LogP contribution in [0, 0.1) is 30.9 Å². The van der Waals surface area contributed by atoms with E-state index < -0.39 is 11.0 Å². The van der Waals surface area contributed by atoms with Gasteiger partial charge in [-0.05, 0) is 37.7 Å². The molecule has 0 spiro atoms. The van der Waals surface area contributed by atoms with Gasteiger partial charge in [-0.1, -0.05) is 37.3 Å². The van der Waals surface area contributed by atoms with Gasteiger partial charge in [0.25, 0.3) is 5.91 Å². The van der Waals surface area contributed by atoms with Gasteiger partial charge >= 0.3 is 5.82 Å². The first kappa shape index (κ1) is 20.2. The second-order valence-corrected chi connectivity index (χ2v) is 6.95. The Morgan fingerprint density at radius 3 is 2.48 bits per heavy atom. The van der Waals surface area contributed by atoms with E-state index in [1.54, 1.807) is 6.92 Å². The van der Waals surface area contributed by atoms with Crippen LogP contribution in [-0.4, -0.2) is 30.4 Å². The third-order valence-electron chi connectivity index (χ3n) is 4.89. The molecule has 0 aliphatic carbocycles. The number of amides is 1. The van der Waals surface area contributed by atoms with Gasteiger partial charge in [-0.3, -0.25) is 9.48 Å². The Morgan fingerprint density at radius 1 is 1.21 bits per heavy atom. The molecule has 1 unspecified atom stereocenters. The summed E-state index contributed by atoms with van der Waals surface area (Å²) >= 11 is 0. The summed E-state index contributed by atoms with van der Waals surface area (Å²) in [5, 5.41) is 22.5. The van der Waals surface area contributed by atoms with Gasteiger partial charge < -0.3 is 15.4 Å². The summed E-state index contributed by atoms with van der Waals surface area (Å²) in [4.78, 5) is 23.4. The minimum Gasteiger partial charge on any atom is -0.358 e. The Bertz CT molecular complexity index is 1040. The standard InChI is InChI=1S/C20H24N6O3/c1-5-17(25-13(2)11-18(23-25)26(28)29)20(27)21-19-14(3)22-24(15(19)4)12-16-9-7-6-8-10-16/h6-11,17H,5,12H2,1-4H3,(H,21,27). The molecule has 0 saturated heterocycles. The third kappa shape index (κ3) is 4.18. The van der Waals surface area contributed by atoms with E-state index in [9.17, 15) is 14.9 Å². The summed E-state index contributed by atoms with van der Waals surface area (Å²) in [6.45, 7) is 7.89. The van der Waals surface area contributed by atoms with Crippen LogP contribution in [0.2, 0.25) is 0 Å². The zero-order valence-corrected chi connectivity index (χ0v) is 16.9. The van der Waals surface area contributed by atoms with Crippen molar-refractivity contribution in [2.24, 2.45) is 0 Å². The van der Waals surface area contributed by atoms with E-state index >= 15 is 0 Å². The molecule has 0 fully saturated rings. The number of aryl methyl sites for hydroxylation is 2. The quantitative estimate of drug-likeness (QED) is 0.485. The van der Waals surface area contributed by atoms with Crippen LogP contribution in [0.4, 0.5) is 11.5 Å². The molecular weight excluding hydrogens is 372 g/mol. The van der Waals surface area contributed by atoms with Crippen LogP contribution in [0.15, 0.2) is 36.4 Å². The Labute approximate surface area is 168 Å². The molecule has 0 bridgehead atoms. The highest BCUT2D eigenvalue weighted by atomic mass is 16.6. The molecule has 29 heavy (non-hydrogen) atoms. The number of carbonyl (C=O) groups excluding carboxylic acids is 1. The number of hydrogen-bond donors (Lipinski definition) is 1. The van der Waals surface area contributed by atoms with Gasteiger partial charge in [-0.15, -0.1) is 0 Å². The number of benzene rings is 1. The van der Waals surface area contributed by atoms with E-state index in [1.807, 2.05) is 55.8 Å². The number of carbonyl (C=O) groups is 1. The summed E-state index contributed by atoms with van der Waals surface area (Å²) in [7, 11) is 0. The van der Waals surface area contributed by atoms with Crippen LogP contribution in [0.3, 0.4) is 0 Å². The molecule has 152 valence electrons. The lowest BCUT2D eigenvalue weighted by Gasteiger charge is -2.14. The second-order valence-electron chi connectivity index (χ2n) is 6.95. The van der Waals surface area contributed by atoms with Crippen molar-refractivity contribution in [2.45, 2.75) is 46.7 Å². The molecule has 9 heteroatoms. The van der Waals surface area contributed by atoms with E-state index in [-0.39, 0.29) is 11.7 Å². The predicted molar refractivity (Wildman–Crippen MR) is 109 cm³/mol. The molecule has 3 rings (SSSR count). The van der Waals surface area contributed by atoms with Crippen LogP contribution in [0.5, 0.6) is 0 Å². The van der Waals surface area contributed by atoms with E-state index in [0.717, 1.165) is 11.3 Å². The average molecular weight is 396 g/mol. The van der Waals surface area contributed by atoms with E-state index in [2.05, 4.69) is 15.5 Å². The van der Waals surface area contributed by atoms with Crippen molar-refractivity contribution in [2.75, 3.05) is 5.32 Å². The highest BCUT2D eigenvalue weighted by Gasteiger charge is 2.28. The molecule has 1 amide bonds. The van der Waals surface area contributed by atoms with Crippen molar-refractivity contribution in [1.29, 1.82) is 0 Å². The van der Waals surface area contributed by atoms with Crippen molar-refractivity contribution in [1.82, 2.24) is 19.6 Å². The van der Waals surface area contributed by atoms with E-state index in [0.29, 0.717) is 30.0 Å². The molecule has 9 nitrogen and oxygen atoms in total. The van der Waals surface area contributed by atoms with Crippen LogP contribution in [0.25, 0.3) is 0 Å². The Balaban J connectivity index is 1.83. The van der Waals surface area contributed by atoms with Crippen molar-refractivity contribution in [3.63, 3.8) is 0 Å². The van der Waals surface area contributed by atoms with Gasteiger partial charge in [0.05, 0.1) is 40.5 Å². The molecule has 1 N–H and O–H groups in total. The summed E-state index contributed by atoms with van der Waals surface area (Å²) < 4.78 is 3.26. The molecule has 2 aromatic heterocycles. The van der Waals surface area contributed by atoms with Gasteiger partial charge in [0.1, 0.15) is 0 Å². The summed E-state index contributed by atoms with van der Waals surface area (Å²) in [6.07, 6.45) is 0.446. The van der Waals surface area contributed by atoms with Crippen molar-refractivity contribution >= 4 is 17.4 Å². The zero-order valence-electron chi connectivity index (χ0n) is 16.9. The Kier molecular flexibility index (Phi) is 5.76. The molecule has 3 aromatic rings. The fourth-order valence-corrected chi connectivity index (χ4v) is 3.34. The second kappa shape index (κ2) is 8.26. The first-order valence-electron chi connectivity index (χ1n) is 9.41. The summed E-state index contributed by atoms with van der Waals surface area (Å²) in [5.74, 6) is -0.546. The molecule has 0 aliphatic heterocycles. The fourth-order valence-electron chi connectivity index (χ4n) is 3.34. The number of nitrogens with zero attached hydrogens (tertiary/aromatic N) is 5. The first-order valence-corrected chi connectivity index (χ1v) is 9.41. The largest absolute Gasteiger partial charge is 0.390 e. The van der Waals surface area contributed by atoms with Crippen LogP contribution in [0.1, 0.15) is 42.0 Å². The van der Waals surface area contributed by atoms with Gasteiger partial charge in [0.15, 0.2) is 6.04 Å². The van der Waals surface area contributed by atoms with Crippen molar-refractivity contribution < 1.29 is 9.72 Å². The number of nitro groups is 1. The Morgan fingerprint density at radius 2 is 1.90 bits per heavy atom. The van der Waals surface area contributed by atoms with Crippen LogP contribution >= 0.6 is 0 Å². The minimum absolute atomic E-state index is 0.267. The highest BCUT2D eigenvalue weighted by molar-refractivity contribution is 5.94. The highest BCUT2D eigenvalue weighted by Crippen LogP contribution is 2.24. The number of nitrogens with one attached hydrogen (secondary N) is 1. The predicted octanol–water partition coefficient (Wildman–Crippen LogP) is 3.55. The summed E-state index contributed by atoms with van der Waals surface area (Å²) in [6, 6.07) is 10.7. The maximum absolute atomic E-state index is 13.0. The molecule has 0 radical (unpaired) electrons. The minimum atomic E-state index is -0.653. The van der Waals surface area contributed by atoms with Gasteiger partial charge in [-0.2, -0.15) is 9.78 Å². The third-order valence-corrected chi connectivity index (χ3v) is 4.89. The summed E-state index contributed by atoms with van der Waals surface area (Å²) in [5.41, 5.74) is 3.89. The number of aromatic nitrogens is 4. The SMILES string of the molecule is CCC(C(=O)Nc1c(C)nn(Cc2ccccc2)c1C)n1nc([N+](=O)[O-])cc1C. The van der Waals surface area contributed by atoms with E-state index in [4.69, 9.17) is 0 Å². The first-order chi connectivity index (χ1) is 13.8. The van der Waals surface area contributed by atoms with E-state index in [1.165, 1.54) is 10.7 Å². The topological polar surface area (TPSA) is 108 Å². The fraction of sp³-hybridized carbons (Fsp3) is 0.350. The number of rotatable bonds is 7. The Hall–Kier alpha value is -3.49. The lowest BCUT2D eigenvalue weighted by molar-refractivity contribution is -0.389.